The Balaban J connectivity index is 1.52. The van der Waals surface area contributed by atoms with Gasteiger partial charge in [-0.15, -0.1) is 0 Å². The van der Waals surface area contributed by atoms with Gasteiger partial charge in [0.1, 0.15) is 5.82 Å². The summed E-state index contributed by atoms with van der Waals surface area (Å²) >= 11 is 1.50. The number of aromatic nitrogens is 1. The number of rotatable bonds is 6. The molecule has 2 aromatic carbocycles. The number of carbonyl (C=O) groups is 1. The SMILES string of the molecule is O=C(Cc1ccc(F)cc1)Nc1nc(-c2ccccc2)c(CN2CCOCC2)s1. The number of thiazole rings is 1. The van der Waals surface area contributed by atoms with Gasteiger partial charge in [-0.25, -0.2) is 9.37 Å². The number of carbonyl (C=O) groups excluding carboxylic acids is 1. The van der Waals surface area contributed by atoms with Crippen molar-refractivity contribution in [3.05, 3.63) is 70.9 Å². The normalized spacial score (nSPS) is 14.7. The fourth-order valence-electron chi connectivity index (χ4n) is 3.25. The molecule has 1 aliphatic heterocycles. The van der Waals surface area contributed by atoms with Gasteiger partial charge in [0.2, 0.25) is 5.91 Å². The Bertz CT molecular complexity index is 954. The molecule has 1 saturated heterocycles. The lowest BCUT2D eigenvalue weighted by atomic mass is 10.1. The van der Waals surface area contributed by atoms with Gasteiger partial charge >= 0.3 is 0 Å². The first-order valence-electron chi connectivity index (χ1n) is 9.57. The molecule has 150 valence electrons. The van der Waals surface area contributed by atoms with Crippen LogP contribution in [0, 0.1) is 5.82 Å². The van der Waals surface area contributed by atoms with Gasteiger partial charge in [-0.1, -0.05) is 53.8 Å². The van der Waals surface area contributed by atoms with Crippen LogP contribution in [-0.2, 0) is 22.5 Å². The molecule has 0 atom stereocenters. The summed E-state index contributed by atoms with van der Waals surface area (Å²) in [6.45, 7) is 4.03. The van der Waals surface area contributed by atoms with Gasteiger partial charge in [0.25, 0.3) is 0 Å². The van der Waals surface area contributed by atoms with E-state index in [1.165, 1.54) is 23.5 Å². The van der Waals surface area contributed by atoms with Crippen LogP contribution in [0.25, 0.3) is 11.3 Å². The van der Waals surface area contributed by atoms with E-state index in [9.17, 15) is 9.18 Å². The minimum atomic E-state index is -0.311. The molecule has 0 aliphatic carbocycles. The second kappa shape index (κ2) is 9.26. The zero-order valence-corrected chi connectivity index (χ0v) is 16.8. The fourth-order valence-corrected chi connectivity index (χ4v) is 4.29. The average Bonchev–Trinajstić information content (AvgIpc) is 3.13. The standard InChI is InChI=1S/C22H22FN3O2S/c23-18-8-6-16(7-9-18)14-20(27)24-22-25-21(17-4-2-1-3-5-17)19(29-22)15-26-10-12-28-13-11-26/h1-9H,10-15H2,(H,24,25,27). The third-order valence-electron chi connectivity index (χ3n) is 4.74. The Morgan fingerprint density at radius 1 is 1.10 bits per heavy atom. The van der Waals surface area contributed by atoms with Crippen LogP contribution in [0.5, 0.6) is 0 Å². The molecule has 0 saturated carbocycles. The molecule has 0 bridgehead atoms. The first-order chi connectivity index (χ1) is 14.2. The van der Waals surface area contributed by atoms with E-state index in [0.717, 1.165) is 54.5 Å². The molecule has 2 heterocycles. The molecule has 0 spiro atoms. The van der Waals surface area contributed by atoms with E-state index in [-0.39, 0.29) is 18.1 Å². The number of anilines is 1. The van der Waals surface area contributed by atoms with Gasteiger partial charge in [0.15, 0.2) is 5.13 Å². The lowest BCUT2D eigenvalue weighted by Crippen LogP contribution is -2.35. The monoisotopic (exact) mass is 411 g/mol. The van der Waals surface area contributed by atoms with E-state index < -0.39 is 0 Å². The van der Waals surface area contributed by atoms with Crippen LogP contribution in [0.3, 0.4) is 0 Å². The number of hydrogen-bond donors (Lipinski definition) is 1. The van der Waals surface area contributed by atoms with E-state index in [0.29, 0.717) is 5.13 Å². The number of hydrogen-bond acceptors (Lipinski definition) is 5. The molecular weight excluding hydrogens is 389 g/mol. The van der Waals surface area contributed by atoms with Crippen LogP contribution in [0.1, 0.15) is 10.4 Å². The highest BCUT2D eigenvalue weighted by atomic mass is 32.1. The number of morpholine rings is 1. The summed E-state index contributed by atoms with van der Waals surface area (Å²) in [5.41, 5.74) is 2.70. The molecule has 29 heavy (non-hydrogen) atoms. The lowest BCUT2D eigenvalue weighted by molar-refractivity contribution is -0.115. The molecule has 4 rings (SSSR count). The van der Waals surface area contributed by atoms with Gasteiger partial charge in [0, 0.05) is 30.1 Å². The fraction of sp³-hybridized carbons (Fsp3) is 0.273. The number of nitrogens with zero attached hydrogens (tertiary/aromatic N) is 2. The topological polar surface area (TPSA) is 54.5 Å². The molecule has 0 unspecified atom stereocenters. The third kappa shape index (κ3) is 5.26. The Morgan fingerprint density at radius 3 is 2.55 bits per heavy atom. The van der Waals surface area contributed by atoms with E-state index in [2.05, 4.69) is 10.2 Å². The molecule has 5 nitrogen and oxygen atoms in total. The number of ether oxygens (including phenoxy) is 1. The summed E-state index contributed by atoms with van der Waals surface area (Å²) in [6.07, 6.45) is 0.180. The van der Waals surface area contributed by atoms with Crippen LogP contribution >= 0.6 is 11.3 Å². The van der Waals surface area contributed by atoms with Crippen molar-refractivity contribution in [2.24, 2.45) is 0 Å². The van der Waals surface area contributed by atoms with Crippen molar-refractivity contribution in [3.8, 4) is 11.3 Å². The van der Waals surface area contributed by atoms with Crippen molar-refractivity contribution < 1.29 is 13.9 Å². The van der Waals surface area contributed by atoms with E-state index in [4.69, 9.17) is 9.72 Å². The zero-order chi connectivity index (χ0) is 20.1. The first kappa shape index (κ1) is 19.7. The number of benzene rings is 2. The van der Waals surface area contributed by atoms with E-state index in [1.54, 1.807) is 12.1 Å². The van der Waals surface area contributed by atoms with Crippen LogP contribution in [0.2, 0.25) is 0 Å². The quantitative estimate of drug-likeness (QED) is 0.667. The van der Waals surface area contributed by atoms with Crippen molar-refractivity contribution >= 4 is 22.4 Å². The smallest absolute Gasteiger partial charge is 0.230 e. The summed E-state index contributed by atoms with van der Waals surface area (Å²) in [5, 5.41) is 3.49. The highest BCUT2D eigenvalue weighted by molar-refractivity contribution is 7.16. The molecule has 7 heteroatoms. The van der Waals surface area contributed by atoms with Gasteiger partial charge in [-0.2, -0.15) is 0 Å². The maximum atomic E-state index is 13.1. The Kier molecular flexibility index (Phi) is 6.29. The minimum Gasteiger partial charge on any atom is -0.379 e. The number of amides is 1. The van der Waals surface area contributed by atoms with Gasteiger partial charge in [0.05, 0.1) is 25.3 Å². The lowest BCUT2D eigenvalue weighted by Gasteiger charge is -2.26. The molecule has 1 fully saturated rings. The first-order valence-corrected chi connectivity index (χ1v) is 10.4. The van der Waals surface area contributed by atoms with Crippen molar-refractivity contribution in [2.75, 3.05) is 31.6 Å². The second-order valence-electron chi connectivity index (χ2n) is 6.90. The number of halogens is 1. The maximum Gasteiger partial charge on any atom is 0.230 e. The largest absolute Gasteiger partial charge is 0.379 e. The Labute approximate surface area is 173 Å². The molecular formula is C22H22FN3O2S. The van der Waals surface area contributed by atoms with Crippen molar-refractivity contribution in [3.63, 3.8) is 0 Å². The number of nitrogens with one attached hydrogen (secondary N) is 1. The summed E-state index contributed by atoms with van der Waals surface area (Å²) in [7, 11) is 0. The Hall–Kier alpha value is -2.61. The average molecular weight is 412 g/mol. The molecule has 1 N–H and O–H groups in total. The van der Waals surface area contributed by atoms with Gasteiger partial charge in [-0.05, 0) is 17.7 Å². The molecule has 1 amide bonds. The van der Waals surface area contributed by atoms with Crippen LogP contribution in [-0.4, -0.2) is 42.1 Å². The molecule has 0 radical (unpaired) electrons. The van der Waals surface area contributed by atoms with Crippen molar-refractivity contribution in [2.45, 2.75) is 13.0 Å². The van der Waals surface area contributed by atoms with Crippen LogP contribution in [0.15, 0.2) is 54.6 Å². The summed E-state index contributed by atoms with van der Waals surface area (Å²) in [5.74, 6) is -0.475. The Morgan fingerprint density at radius 2 is 1.83 bits per heavy atom. The molecule has 1 aliphatic rings. The molecule has 3 aromatic rings. The predicted octanol–water partition coefficient (Wildman–Crippen LogP) is 3.96. The third-order valence-corrected chi connectivity index (χ3v) is 5.70. The van der Waals surface area contributed by atoms with Crippen LogP contribution < -0.4 is 5.32 Å². The van der Waals surface area contributed by atoms with E-state index in [1.807, 2.05) is 30.3 Å². The highest BCUT2D eigenvalue weighted by Gasteiger charge is 2.19. The van der Waals surface area contributed by atoms with Crippen molar-refractivity contribution in [1.29, 1.82) is 0 Å². The highest BCUT2D eigenvalue weighted by Crippen LogP contribution is 2.32. The van der Waals surface area contributed by atoms with Crippen molar-refractivity contribution in [1.82, 2.24) is 9.88 Å². The summed E-state index contributed by atoms with van der Waals surface area (Å²) in [6, 6.07) is 16.0. The minimum absolute atomic E-state index is 0.164. The van der Waals surface area contributed by atoms with Gasteiger partial charge in [-0.3, -0.25) is 9.69 Å². The predicted molar refractivity (Wildman–Crippen MR) is 112 cm³/mol. The molecule has 1 aromatic heterocycles. The van der Waals surface area contributed by atoms with Gasteiger partial charge < -0.3 is 10.1 Å². The second-order valence-corrected chi connectivity index (χ2v) is 7.98. The maximum absolute atomic E-state index is 13.1. The summed E-state index contributed by atoms with van der Waals surface area (Å²) in [4.78, 5) is 20.6. The summed E-state index contributed by atoms with van der Waals surface area (Å²) < 4.78 is 18.5. The van der Waals surface area contributed by atoms with E-state index >= 15 is 0 Å². The van der Waals surface area contributed by atoms with Crippen LogP contribution in [0.4, 0.5) is 9.52 Å². The zero-order valence-electron chi connectivity index (χ0n) is 15.9.